The summed E-state index contributed by atoms with van der Waals surface area (Å²) in [6.45, 7) is 4.21. The van der Waals surface area contributed by atoms with E-state index in [9.17, 15) is 17.3 Å². The fraction of sp³-hybridized carbons (Fsp3) is 0.182. The molecule has 0 aromatic carbocycles. The van der Waals surface area contributed by atoms with E-state index in [1.807, 2.05) is 30.6 Å². The van der Waals surface area contributed by atoms with Crippen LogP contribution in [-0.4, -0.2) is 11.9 Å². The number of hydrogen-bond acceptors (Lipinski definition) is 0. The predicted molar refractivity (Wildman–Crippen MR) is 61.5 cm³/mol. The first-order valence-corrected chi connectivity index (χ1v) is 5.28. The van der Waals surface area contributed by atoms with E-state index in [1.165, 1.54) is 11.4 Å². The van der Waals surface area contributed by atoms with Gasteiger partial charge in [0.05, 0.1) is 11.4 Å². The zero-order valence-corrected chi connectivity index (χ0v) is 10.0. The molecule has 0 atom stereocenters. The maximum Gasteiger partial charge on any atom is 0.673 e. The van der Waals surface area contributed by atoms with E-state index in [4.69, 9.17) is 0 Å². The Bertz CT molecular complexity index is 468. The molecule has 2 aromatic heterocycles. The standard InChI is InChI=1S/C11H13N2.BF4/c1-10-6-7-11(2)13(10)12-8-4-3-5-9-12;2-1(3,4)5/h3-9H,1-2H3;/q+1;-1. The van der Waals surface area contributed by atoms with Crippen molar-refractivity contribution in [3.8, 4) is 0 Å². The molecule has 0 amide bonds. The molecule has 0 bridgehead atoms. The van der Waals surface area contributed by atoms with Gasteiger partial charge in [-0.05, 0) is 26.0 Å². The number of hydrogen-bond donors (Lipinski definition) is 0. The third kappa shape index (κ3) is 4.61. The lowest BCUT2D eigenvalue weighted by Gasteiger charge is -2.00. The third-order valence-electron chi connectivity index (χ3n) is 2.16. The van der Waals surface area contributed by atoms with Gasteiger partial charge in [-0.3, -0.25) is 0 Å². The second-order valence-electron chi connectivity index (χ2n) is 3.68. The maximum absolute atomic E-state index is 9.75. The van der Waals surface area contributed by atoms with E-state index < -0.39 is 7.25 Å². The largest absolute Gasteiger partial charge is 0.673 e. The summed E-state index contributed by atoms with van der Waals surface area (Å²) in [5.41, 5.74) is 2.49. The highest BCUT2D eigenvalue weighted by molar-refractivity contribution is 6.50. The Hall–Kier alpha value is -1.79. The lowest BCUT2D eigenvalue weighted by Crippen LogP contribution is -2.42. The molecule has 98 valence electrons. The van der Waals surface area contributed by atoms with Crippen LogP contribution in [0.3, 0.4) is 0 Å². The van der Waals surface area contributed by atoms with Crippen molar-refractivity contribution in [1.29, 1.82) is 0 Å². The van der Waals surface area contributed by atoms with Crippen LogP contribution in [0, 0.1) is 13.8 Å². The molecular formula is C11H13BF4N2. The van der Waals surface area contributed by atoms with Gasteiger partial charge in [0, 0.05) is 12.1 Å². The Morgan fingerprint density at radius 2 is 1.28 bits per heavy atom. The lowest BCUT2D eigenvalue weighted by molar-refractivity contribution is -0.729. The first kappa shape index (κ1) is 14.3. The normalized spacial score (nSPS) is 10.8. The monoisotopic (exact) mass is 260 g/mol. The molecule has 0 saturated heterocycles. The molecule has 0 N–H and O–H groups in total. The van der Waals surface area contributed by atoms with Crippen molar-refractivity contribution in [2.24, 2.45) is 0 Å². The van der Waals surface area contributed by atoms with Crippen LogP contribution in [0.1, 0.15) is 11.4 Å². The van der Waals surface area contributed by atoms with Gasteiger partial charge < -0.3 is 17.3 Å². The quantitative estimate of drug-likeness (QED) is 0.423. The van der Waals surface area contributed by atoms with Crippen molar-refractivity contribution in [3.63, 3.8) is 0 Å². The highest BCUT2D eigenvalue weighted by Crippen LogP contribution is 2.06. The van der Waals surface area contributed by atoms with Crippen molar-refractivity contribution in [3.05, 3.63) is 54.1 Å². The highest BCUT2D eigenvalue weighted by atomic mass is 19.5. The molecule has 2 nitrogen and oxygen atoms in total. The second kappa shape index (κ2) is 5.70. The molecule has 2 aromatic rings. The highest BCUT2D eigenvalue weighted by Gasteiger charge is 2.20. The summed E-state index contributed by atoms with van der Waals surface area (Å²) in [6.07, 6.45) is 4.08. The second-order valence-corrected chi connectivity index (χ2v) is 3.68. The van der Waals surface area contributed by atoms with Crippen LogP contribution in [0.5, 0.6) is 0 Å². The van der Waals surface area contributed by atoms with E-state index >= 15 is 0 Å². The van der Waals surface area contributed by atoms with E-state index in [-0.39, 0.29) is 0 Å². The van der Waals surface area contributed by atoms with Gasteiger partial charge in [-0.25, -0.2) is 0 Å². The van der Waals surface area contributed by atoms with Crippen LogP contribution >= 0.6 is 0 Å². The van der Waals surface area contributed by atoms with E-state index in [0.717, 1.165) is 0 Å². The first-order chi connectivity index (χ1) is 8.29. The molecule has 7 heteroatoms. The van der Waals surface area contributed by atoms with Gasteiger partial charge in [0.2, 0.25) is 0 Å². The Morgan fingerprint density at radius 1 is 0.889 bits per heavy atom. The fourth-order valence-corrected chi connectivity index (χ4v) is 1.55. The molecule has 2 rings (SSSR count). The van der Waals surface area contributed by atoms with Crippen LogP contribution in [0.25, 0.3) is 0 Å². The maximum atomic E-state index is 9.75. The third-order valence-corrected chi connectivity index (χ3v) is 2.16. The van der Waals surface area contributed by atoms with Gasteiger partial charge in [-0.2, -0.15) is 0 Å². The number of aromatic nitrogens is 2. The van der Waals surface area contributed by atoms with Crippen molar-refractivity contribution in [2.75, 3.05) is 0 Å². The van der Waals surface area contributed by atoms with Gasteiger partial charge in [0.25, 0.3) is 0 Å². The molecule has 0 unspecified atom stereocenters. The number of nitrogens with zero attached hydrogens (tertiary/aromatic N) is 2. The van der Waals surface area contributed by atoms with Crippen LogP contribution in [0.4, 0.5) is 17.3 Å². The van der Waals surface area contributed by atoms with E-state index in [0.29, 0.717) is 0 Å². The molecule has 0 aliphatic rings. The Kier molecular flexibility index (Phi) is 4.52. The summed E-state index contributed by atoms with van der Waals surface area (Å²) in [4.78, 5) is 0. The Balaban J connectivity index is 0.000000280. The van der Waals surface area contributed by atoms with Crippen molar-refractivity contribution in [2.45, 2.75) is 13.8 Å². The molecule has 2 heterocycles. The summed E-state index contributed by atoms with van der Waals surface area (Å²) in [5.74, 6) is 0. The van der Waals surface area contributed by atoms with Gasteiger partial charge in [-0.1, -0.05) is 10.7 Å². The molecule has 18 heavy (non-hydrogen) atoms. The average molecular weight is 260 g/mol. The van der Waals surface area contributed by atoms with Crippen molar-refractivity contribution in [1.82, 2.24) is 4.68 Å². The summed E-state index contributed by atoms with van der Waals surface area (Å²) in [6, 6.07) is 10.3. The Labute approximate surface area is 103 Å². The predicted octanol–water partition coefficient (Wildman–Crippen LogP) is 3.00. The van der Waals surface area contributed by atoms with Crippen LogP contribution in [-0.2, 0) is 0 Å². The first-order valence-electron chi connectivity index (χ1n) is 5.28. The Morgan fingerprint density at radius 3 is 1.67 bits per heavy atom. The van der Waals surface area contributed by atoms with Crippen LogP contribution in [0.15, 0.2) is 42.7 Å². The van der Waals surface area contributed by atoms with Crippen molar-refractivity contribution >= 4 is 7.25 Å². The smallest absolute Gasteiger partial charge is 0.418 e. The van der Waals surface area contributed by atoms with Crippen LogP contribution in [0.2, 0.25) is 0 Å². The fourth-order valence-electron chi connectivity index (χ4n) is 1.55. The number of halogens is 4. The van der Waals surface area contributed by atoms with E-state index in [1.54, 1.807) is 0 Å². The van der Waals surface area contributed by atoms with Gasteiger partial charge >= 0.3 is 7.25 Å². The molecule has 0 spiro atoms. The molecule has 0 aliphatic carbocycles. The minimum absolute atomic E-state index is 1.24. The molecule has 0 aliphatic heterocycles. The lowest BCUT2D eigenvalue weighted by atomic mass is 10.3. The minimum atomic E-state index is -6.00. The van der Waals surface area contributed by atoms with Gasteiger partial charge in [-0.15, -0.1) is 4.68 Å². The summed E-state index contributed by atoms with van der Waals surface area (Å²) >= 11 is 0. The number of pyridine rings is 1. The number of aryl methyl sites for hydroxylation is 2. The molecule has 0 fully saturated rings. The van der Waals surface area contributed by atoms with E-state index in [2.05, 4.69) is 35.3 Å². The summed E-state index contributed by atoms with van der Waals surface area (Å²) in [5, 5.41) is 0. The zero-order chi connectivity index (χ0) is 13.8. The minimum Gasteiger partial charge on any atom is -0.418 e. The zero-order valence-electron chi connectivity index (χ0n) is 10.0. The molecule has 0 radical (unpaired) electrons. The number of rotatable bonds is 1. The van der Waals surface area contributed by atoms with Gasteiger partial charge in [0.15, 0.2) is 12.4 Å². The molecule has 0 saturated carbocycles. The van der Waals surface area contributed by atoms with Crippen LogP contribution < -0.4 is 4.68 Å². The van der Waals surface area contributed by atoms with Crippen molar-refractivity contribution < 1.29 is 21.9 Å². The summed E-state index contributed by atoms with van der Waals surface area (Å²) in [7, 11) is -6.00. The topological polar surface area (TPSA) is 8.81 Å². The average Bonchev–Trinajstić information content (AvgIpc) is 2.57. The van der Waals surface area contributed by atoms with Gasteiger partial charge in [0.1, 0.15) is 0 Å². The molecular weight excluding hydrogens is 247 g/mol. The SMILES string of the molecule is Cc1ccc(C)n1-[n+]1ccccc1.F[B-](F)(F)F. The summed E-state index contributed by atoms with van der Waals surface area (Å²) < 4.78 is 43.2.